The smallest absolute Gasteiger partial charge is 0.361 e. The second-order valence-electron chi connectivity index (χ2n) is 25.8. The summed E-state index contributed by atoms with van der Waals surface area (Å²) in [5, 5.41) is 9.77. The molecule has 9 heteroatoms. The van der Waals surface area contributed by atoms with E-state index in [2.05, 4.69) is 245 Å². The van der Waals surface area contributed by atoms with Crippen LogP contribution in [0.4, 0.5) is 0 Å². The van der Waals surface area contributed by atoms with Gasteiger partial charge in [-0.05, 0) is 161 Å². The highest BCUT2D eigenvalue weighted by Crippen LogP contribution is 2.15. The third-order valence-electron chi connectivity index (χ3n) is 15.4. The molecule has 0 radical (unpaired) electrons. The summed E-state index contributed by atoms with van der Waals surface area (Å²) in [5.74, 6) is -2.06. The molecule has 0 amide bonds. The van der Waals surface area contributed by atoms with E-state index in [0.717, 1.165) is 180 Å². The zero-order chi connectivity index (χ0) is 71.8. The Kier molecular flexibility index (Phi) is 71.9. The normalized spacial score (nSPS) is 14.0. The maximum Gasteiger partial charge on any atom is 0.361 e. The number of aliphatic carboxylic acids is 1. The number of hydrogen-bond acceptors (Lipinski definition) is 7. The molecule has 99 heavy (non-hydrogen) atoms. The van der Waals surface area contributed by atoms with Crippen LogP contribution >= 0.6 is 0 Å². The molecule has 0 aliphatic carbocycles. The minimum atomic E-state index is -1.53. The van der Waals surface area contributed by atoms with Crippen molar-refractivity contribution in [3.05, 3.63) is 231 Å². The summed E-state index contributed by atoms with van der Waals surface area (Å²) in [6.07, 6.45) is 120. The SMILES string of the molecule is CC/C=C\C/C=C\C/C=C\C/C=C\C/C=C\C/C=C\C/C=C\C/C=C\C/C=C\C/C=C\CCCCCCCCCCC(=O)OC(COC(=O)CCCCCCCCC/C=C\C/C=C\C/C=C\C/C=C\C/C=C\C/C=C\C/C=C\C/C=C\C/C=C\CC)COC(OCC[N+](C)(C)C)C(=O)O. The standard InChI is InChI=1S/C90H139NO8/c1-6-8-10-12-14-16-18-20-22-24-26-28-30-32-34-36-38-40-42-43-44-45-47-49-51-53-55-57-59-61-63-65-67-69-71-73-75-77-79-81-88(93)99-86(85-98-90(89(94)95)96-83-82-91(3,4)5)84-97-87(92)80-78-76-74-72-70-68-66-64-62-60-58-56-54-52-50-48-46-41-39-37-35-33-31-29-27-25-23-21-19-17-15-13-11-9-7-2/h8-11,14-17,20-23,26-29,32-35,38-41,43-44,47-50,53-56,59-62,86,90H,6-7,12-13,18-19,24-25,30-31,36-37,42,45-46,51-52,57-58,63-85H2,1-5H3/p+1/b10-8-,11-9-,16-14-,17-15-,22-20-,23-21-,28-26-,29-27-,34-32-,35-33-,40-38-,41-39-,44-43-,49-47-,50-48-,55-53-,56-54-,61-59-,62-60-. The molecule has 0 aliphatic heterocycles. The first-order chi connectivity index (χ1) is 48.6. The van der Waals surface area contributed by atoms with E-state index in [-0.39, 0.29) is 38.6 Å². The molecule has 0 saturated carbocycles. The number of carbonyl (C=O) groups excluding carboxylic acids is 2. The Hall–Kier alpha value is -6.65. The van der Waals surface area contributed by atoms with Gasteiger partial charge in [0.25, 0.3) is 6.29 Å². The largest absolute Gasteiger partial charge is 0.477 e. The van der Waals surface area contributed by atoms with Crippen LogP contribution in [0.1, 0.15) is 258 Å². The summed E-state index contributed by atoms with van der Waals surface area (Å²) < 4.78 is 23.0. The fraction of sp³-hybridized carbons (Fsp3) is 0.544. The van der Waals surface area contributed by atoms with Crippen LogP contribution in [-0.4, -0.2) is 87.4 Å². The number of ether oxygens (including phenoxy) is 4. The maximum absolute atomic E-state index is 13.0. The number of likely N-dealkylation sites (N-methyl/N-ethyl adjacent to an activating group) is 1. The fourth-order valence-corrected chi connectivity index (χ4v) is 9.62. The van der Waals surface area contributed by atoms with Gasteiger partial charge in [-0.3, -0.25) is 9.59 Å². The summed E-state index contributed by atoms with van der Waals surface area (Å²) in [7, 11) is 5.96. The average molecular weight is 1360 g/mol. The van der Waals surface area contributed by atoms with Gasteiger partial charge in [0.1, 0.15) is 13.2 Å². The molecule has 2 unspecified atom stereocenters. The maximum atomic E-state index is 13.0. The second-order valence-corrected chi connectivity index (χ2v) is 25.8. The van der Waals surface area contributed by atoms with Crippen LogP contribution in [0.5, 0.6) is 0 Å². The molecule has 552 valence electrons. The molecule has 2 atom stereocenters. The van der Waals surface area contributed by atoms with Gasteiger partial charge in [-0.25, -0.2) is 4.79 Å². The Bertz CT molecular complexity index is 2490. The highest BCUT2D eigenvalue weighted by atomic mass is 16.7. The van der Waals surface area contributed by atoms with Crippen molar-refractivity contribution in [2.75, 3.05) is 47.5 Å². The molecule has 0 saturated heterocycles. The molecule has 0 bridgehead atoms. The van der Waals surface area contributed by atoms with Gasteiger partial charge in [0, 0.05) is 12.8 Å². The van der Waals surface area contributed by atoms with Crippen molar-refractivity contribution in [2.45, 2.75) is 270 Å². The van der Waals surface area contributed by atoms with E-state index in [1.807, 2.05) is 21.1 Å². The first kappa shape index (κ1) is 92.4. The van der Waals surface area contributed by atoms with Gasteiger partial charge in [0.05, 0.1) is 34.4 Å². The number of unbranched alkanes of at least 4 members (excludes halogenated alkanes) is 15. The lowest BCUT2D eigenvalue weighted by Crippen LogP contribution is -2.40. The molecule has 0 aliphatic rings. The van der Waals surface area contributed by atoms with E-state index in [9.17, 15) is 19.5 Å². The molecule has 0 heterocycles. The lowest BCUT2D eigenvalue weighted by Gasteiger charge is -2.25. The number of quaternary nitrogens is 1. The fourth-order valence-electron chi connectivity index (χ4n) is 9.62. The molecule has 0 aromatic heterocycles. The van der Waals surface area contributed by atoms with Crippen molar-refractivity contribution in [2.24, 2.45) is 0 Å². The Morgan fingerprint density at radius 1 is 0.303 bits per heavy atom. The number of carboxylic acids is 1. The van der Waals surface area contributed by atoms with Crippen LogP contribution < -0.4 is 0 Å². The minimum absolute atomic E-state index is 0.171. The monoisotopic (exact) mass is 1360 g/mol. The van der Waals surface area contributed by atoms with Gasteiger partial charge in [-0.15, -0.1) is 0 Å². The molecule has 0 rings (SSSR count). The molecule has 0 spiro atoms. The minimum Gasteiger partial charge on any atom is -0.477 e. The number of nitrogens with zero attached hydrogens (tertiary/aromatic N) is 1. The van der Waals surface area contributed by atoms with Crippen LogP contribution in [0.3, 0.4) is 0 Å². The van der Waals surface area contributed by atoms with Gasteiger partial charge in [0.15, 0.2) is 6.10 Å². The summed E-state index contributed by atoms with van der Waals surface area (Å²) in [5.41, 5.74) is 0. The van der Waals surface area contributed by atoms with Crippen LogP contribution in [0.15, 0.2) is 231 Å². The van der Waals surface area contributed by atoms with Crippen LogP contribution in [0, 0.1) is 0 Å². The van der Waals surface area contributed by atoms with Crippen molar-refractivity contribution in [3.63, 3.8) is 0 Å². The van der Waals surface area contributed by atoms with Crippen molar-refractivity contribution in [3.8, 4) is 0 Å². The molecule has 0 aromatic rings. The number of carboxylic acid groups (broad SMARTS) is 1. The van der Waals surface area contributed by atoms with Gasteiger partial charge in [0.2, 0.25) is 0 Å². The van der Waals surface area contributed by atoms with Crippen LogP contribution in [-0.2, 0) is 33.3 Å². The van der Waals surface area contributed by atoms with E-state index < -0.39 is 24.3 Å². The van der Waals surface area contributed by atoms with Gasteiger partial charge in [-0.2, -0.15) is 0 Å². The highest BCUT2D eigenvalue weighted by molar-refractivity contribution is 5.71. The molecular weight excluding hydrogens is 1220 g/mol. The molecule has 1 N–H and O–H groups in total. The average Bonchev–Trinajstić information content (AvgIpc) is 1.14. The third kappa shape index (κ3) is 78.6. The van der Waals surface area contributed by atoms with E-state index in [1.54, 1.807) is 0 Å². The second kappa shape index (κ2) is 77.1. The van der Waals surface area contributed by atoms with Crippen molar-refractivity contribution < 1.29 is 42.9 Å². The lowest BCUT2D eigenvalue weighted by atomic mass is 10.1. The highest BCUT2D eigenvalue weighted by Gasteiger charge is 2.25. The number of carbonyl (C=O) groups is 3. The number of allylic oxidation sites excluding steroid dienone is 38. The zero-order valence-corrected chi connectivity index (χ0v) is 63.0. The molecular formula is C90H140NO8+. The van der Waals surface area contributed by atoms with E-state index in [0.29, 0.717) is 17.4 Å². The zero-order valence-electron chi connectivity index (χ0n) is 63.0. The van der Waals surface area contributed by atoms with Crippen molar-refractivity contribution >= 4 is 17.9 Å². The number of rotatable bonds is 68. The quantitative estimate of drug-likeness (QED) is 0.0211. The van der Waals surface area contributed by atoms with E-state index in [4.69, 9.17) is 18.9 Å². The summed E-state index contributed by atoms with van der Waals surface area (Å²) in [6.45, 7) is 4.60. The van der Waals surface area contributed by atoms with Crippen molar-refractivity contribution in [1.82, 2.24) is 0 Å². The Labute approximate surface area is 606 Å². The lowest BCUT2D eigenvalue weighted by molar-refractivity contribution is -0.870. The first-order valence-corrected chi connectivity index (χ1v) is 38.5. The van der Waals surface area contributed by atoms with Crippen LogP contribution in [0.2, 0.25) is 0 Å². The third-order valence-corrected chi connectivity index (χ3v) is 15.4. The molecule has 0 fully saturated rings. The predicted octanol–water partition coefficient (Wildman–Crippen LogP) is 25.0. The Morgan fingerprint density at radius 3 is 0.808 bits per heavy atom. The number of esters is 2. The summed E-state index contributed by atoms with van der Waals surface area (Å²) in [6, 6.07) is 0. The first-order valence-electron chi connectivity index (χ1n) is 38.5. The summed E-state index contributed by atoms with van der Waals surface area (Å²) >= 11 is 0. The topological polar surface area (TPSA) is 108 Å². The van der Waals surface area contributed by atoms with E-state index in [1.165, 1.54) is 44.9 Å². The van der Waals surface area contributed by atoms with Crippen LogP contribution in [0.25, 0.3) is 0 Å². The Balaban J connectivity index is 4.22. The number of hydrogen-bond donors (Lipinski definition) is 1. The molecule has 0 aromatic carbocycles. The van der Waals surface area contributed by atoms with Gasteiger partial charge < -0.3 is 28.5 Å². The summed E-state index contributed by atoms with van der Waals surface area (Å²) in [4.78, 5) is 37.7. The predicted molar refractivity (Wildman–Crippen MR) is 428 cm³/mol. The van der Waals surface area contributed by atoms with Gasteiger partial charge >= 0.3 is 17.9 Å². The Morgan fingerprint density at radius 2 is 0.545 bits per heavy atom. The van der Waals surface area contributed by atoms with Crippen molar-refractivity contribution in [1.29, 1.82) is 0 Å². The van der Waals surface area contributed by atoms with Gasteiger partial charge in [-0.1, -0.05) is 315 Å². The van der Waals surface area contributed by atoms with E-state index >= 15 is 0 Å². The molecule has 9 nitrogen and oxygen atoms in total.